The smallest absolute Gasteiger partial charge is 0.346 e. The van der Waals surface area contributed by atoms with Crippen LogP contribution in [0.1, 0.15) is 29.4 Å². The van der Waals surface area contributed by atoms with E-state index in [1.54, 1.807) is 13.2 Å². The topological polar surface area (TPSA) is 95.1 Å². The molecule has 1 aromatic rings. The molecular weight excluding hydrogens is 254 g/mol. The van der Waals surface area contributed by atoms with Crippen LogP contribution in [0.3, 0.4) is 0 Å². The van der Waals surface area contributed by atoms with Crippen LogP contribution in [0.4, 0.5) is 0 Å². The van der Waals surface area contributed by atoms with Gasteiger partial charge in [0.25, 0.3) is 5.91 Å². The Hall–Kier alpha value is -1.34. The van der Waals surface area contributed by atoms with Gasteiger partial charge in [0, 0.05) is 5.69 Å². The third-order valence-electron chi connectivity index (χ3n) is 2.56. The molecular formula is C11H17N3O3S. The Bertz CT molecular complexity index is 483. The van der Waals surface area contributed by atoms with Crippen molar-refractivity contribution in [3.8, 4) is 0 Å². The number of thioether (sulfide) groups is 1. The fourth-order valence-corrected chi connectivity index (χ4v) is 2.13. The quantitative estimate of drug-likeness (QED) is 0.529. The number of amides is 1. The van der Waals surface area contributed by atoms with Crippen LogP contribution in [0.2, 0.25) is 0 Å². The molecule has 1 heterocycles. The summed E-state index contributed by atoms with van der Waals surface area (Å²) in [5, 5.41) is 12.2. The van der Waals surface area contributed by atoms with Crippen molar-refractivity contribution in [3.63, 3.8) is 0 Å². The molecule has 0 spiro atoms. The lowest BCUT2D eigenvalue weighted by atomic mass is 10.2. The van der Waals surface area contributed by atoms with Gasteiger partial charge in [0.1, 0.15) is 5.03 Å². The number of carbonyl (C=O) groups excluding carboxylic acids is 1. The summed E-state index contributed by atoms with van der Waals surface area (Å²) in [4.78, 5) is 29.6. The molecule has 0 unspecified atom stereocenters. The molecule has 0 fully saturated rings. The first kappa shape index (κ1) is 14.7. The molecule has 0 aliphatic rings. The van der Waals surface area contributed by atoms with Gasteiger partial charge < -0.3 is 15.4 Å². The van der Waals surface area contributed by atoms with Crippen molar-refractivity contribution in [1.82, 2.24) is 15.3 Å². The summed E-state index contributed by atoms with van der Waals surface area (Å²) in [5.74, 6) is -0.332. The van der Waals surface area contributed by atoms with Gasteiger partial charge in [-0.05, 0) is 19.6 Å². The fourth-order valence-electron chi connectivity index (χ4n) is 1.51. The second-order valence-electron chi connectivity index (χ2n) is 3.81. The minimum Gasteiger partial charge on any atom is -0.394 e. The van der Waals surface area contributed by atoms with Crippen molar-refractivity contribution >= 4 is 17.7 Å². The van der Waals surface area contributed by atoms with E-state index in [1.807, 2.05) is 6.92 Å². The lowest BCUT2D eigenvalue weighted by Crippen LogP contribution is -2.38. The summed E-state index contributed by atoms with van der Waals surface area (Å²) in [5.41, 5.74) is 0.362. The summed E-state index contributed by atoms with van der Waals surface area (Å²) in [6.45, 7) is 3.40. The number of rotatable bonds is 5. The Balaban J connectivity index is 3.08. The van der Waals surface area contributed by atoms with E-state index in [-0.39, 0.29) is 18.6 Å². The molecule has 0 aromatic carbocycles. The average Bonchev–Trinajstić information content (AvgIpc) is 2.34. The van der Waals surface area contributed by atoms with Gasteiger partial charge in [0.2, 0.25) is 0 Å². The molecule has 7 heteroatoms. The van der Waals surface area contributed by atoms with E-state index >= 15 is 0 Å². The zero-order chi connectivity index (χ0) is 13.7. The van der Waals surface area contributed by atoms with Crippen LogP contribution in [-0.2, 0) is 0 Å². The number of hydrogen-bond donors (Lipinski definition) is 3. The first-order valence-electron chi connectivity index (χ1n) is 5.60. The first-order chi connectivity index (χ1) is 8.53. The van der Waals surface area contributed by atoms with E-state index in [2.05, 4.69) is 15.3 Å². The van der Waals surface area contributed by atoms with Gasteiger partial charge in [0.05, 0.1) is 18.2 Å². The number of nitrogens with zero attached hydrogens (tertiary/aromatic N) is 1. The summed E-state index contributed by atoms with van der Waals surface area (Å²) < 4.78 is 0. The van der Waals surface area contributed by atoms with Gasteiger partial charge in [-0.1, -0.05) is 6.92 Å². The number of hydrogen-bond acceptors (Lipinski definition) is 5. The highest BCUT2D eigenvalue weighted by atomic mass is 32.2. The fraction of sp³-hybridized carbons (Fsp3) is 0.545. The largest absolute Gasteiger partial charge is 0.394 e. The van der Waals surface area contributed by atoms with Crippen LogP contribution in [0.15, 0.2) is 9.82 Å². The number of aromatic nitrogens is 2. The maximum atomic E-state index is 12.1. The number of aromatic amines is 1. The van der Waals surface area contributed by atoms with E-state index in [0.29, 0.717) is 22.7 Å². The van der Waals surface area contributed by atoms with Crippen LogP contribution in [0.25, 0.3) is 0 Å². The highest BCUT2D eigenvalue weighted by Crippen LogP contribution is 2.18. The highest BCUT2D eigenvalue weighted by molar-refractivity contribution is 7.98. The number of carbonyl (C=O) groups is 1. The minimum atomic E-state index is -0.470. The summed E-state index contributed by atoms with van der Waals surface area (Å²) >= 11 is 1.24. The van der Waals surface area contributed by atoms with Crippen molar-refractivity contribution in [1.29, 1.82) is 0 Å². The standard InChI is InChI=1S/C11H17N3O3S/c1-4-7(5-15)13-9(16)8-6(2)12-11(17)14-10(8)18-3/h7,15H,4-5H2,1-3H3,(H,13,16)(H,12,14,17)/t7-/m0/s1. The Morgan fingerprint density at radius 3 is 2.78 bits per heavy atom. The Morgan fingerprint density at radius 1 is 1.61 bits per heavy atom. The molecule has 0 radical (unpaired) electrons. The van der Waals surface area contributed by atoms with E-state index in [9.17, 15) is 9.59 Å². The zero-order valence-corrected chi connectivity index (χ0v) is 11.4. The van der Waals surface area contributed by atoms with Gasteiger partial charge in [-0.3, -0.25) is 4.79 Å². The SMILES string of the molecule is CC[C@@H](CO)NC(=O)c1c(SC)nc(=O)[nH]c1C. The maximum Gasteiger partial charge on any atom is 0.346 e. The van der Waals surface area contributed by atoms with Crippen molar-refractivity contribution in [3.05, 3.63) is 21.7 Å². The van der Waals surface area contributed by atoms with Crippen LogP contribution in [0.5, 0.6) is 0 Å². The number of aliphatic hydroxyl groups is 1. The first-order valence-corrected chi connectivity index (χ1v) is 6.82. The predicted octanol–water partition coefficient (Wildman–Crippen LogP) is 0.301. The molecule has 6 nitrogen and oxygen atoms in total. The summed E-state index contributed by atoms with van der Waals surface area (Å²) in [7, 11) is 0. The predicted molar refractivity (Wildman–Crippen MR) is 70.0 cm³/mol. The number of nitrogens with one attached hydrogen (secondary N) is 2. The van der Waals surface area contributed by atoms with Crippen LogP contribution >= 0.6 is 11.8 Å². The zero-order valence-electron chi connectivity index (χ0n) is 10.6. The van der Waals surface area contributed by atoms with Crippen molar-refractivity contribution < 1.29 is 9.90 Å². The van der Waals surface area contributed by atoms with Gasteiger partial charge in [-0.15, -0.1) is 11.8 Å². The van der Waals surface area contributed by atoms with Crippen molar-refractivity contribution in [2.75, 3.05) is 12.9 Å². The molecule has 3 N–H and O–H groups in total. The molecule has 0 saturated carbocycles. The van der Waals surface area contributed by atoms with E-state index < -0.39 is 5.69 Å². The number of H-pyrrole nitrogens is 1. The molecule has 0 bridgehead atoms. The molecule has 0 saturated heterocycles. The lowest BCUT2D eigenvalue weighted by molar-refractivity contribution is 0.0910. The van der Waals surface area contributed by atoms with Crippen molar-refractivity contribution in [2.24, 2.45) is 0 Å². The van der Waals surface area contributed by atoms with Crippen molar-refractivity contribution in [2.45, 2.75) is 31.3 Å². The molecule has 18 heavy (non-hydrogen) atoms. The molecule has 1 rings (SSSR count). The minimum absolute atomic E-state index is 0.118. The van der Waals surface area contributed by atoms with E-state index in [0.717, 1.165) is 0 Å². The second kappa shape index (κ2) is 6.55. The average molecular weight is 271 g/mol. The third-order valence-corrected chi connectivity index (χ3v) is 3.24. The molecule has 0 aliphatic heterocycles. The van der Waals surface area contributed by atoms with Gasteiger partial charge in [-0.25, -0.2) is 4.79 Å². The van der Waals surface area contributed by atoms with Gasteiger partial charge >= 0.3 is 5.69 Å². The molecule has 100 valence electrons. The second-order valence-corrected chi connectivity index (χ2v) is 4.61. The van der Waals surface area contributed by atoms with Crippen LogP contribution < -0.4 is 11.0 Å². The van der Waals surface area contributed by atoms with Gasteiger partial charge in [0.15, 0.2) is 0 Å². The summed E-state index contributed by atoms with van der Waals surface area (Å²) in [6.07, 6.45) is 2.38. The van der Waals surface area contributed by atoms with E-state index in [4.69, 9.17) is 5.11 Å². The molecule has 1 aromatic heterocycles. The Labute approximate surface area is 109 Å². The van der Waals surface area contributed by atoms with Gasteiger partial charge in [-0.2, -0.15) is 4.98 Å². The highest BCUT2D eigenvalue weighted by Gasteiger charge is 2.19. The van der Waals surface area contributed by atoms with E-state index in [1.165, 1.54) is 11.8 Å². The van der Waals surface area contributed by atoms with Crippen LogP contribution in [-0.4, -0.2) is 39.9 Å². The van der Waals surface area contributed by atoms with Crippen LogP contribution in [0, 0.1) is 6.92 Å². The lowest BCUT2D eigenvalue weighted by Gasteiger charge is -2.15. The molecule has 1 atom stereocenters. The molecule has 1 amide bonds. The number of aliphatic hydroxyl groups excluding tert-OH is 1. The Kier molecular flexibility index (Phi) is 5.36. The normalized spacial score (nSPS) is 12.2. The third kappa shape index (κ3) is 3.33. The number of aryl methyl sites for hydroxylation is 1. The summed E-state index contributed by atoms with van der Waals surface area (Å²) in [6, 6.07) is -0.293. The molecule has 0 aliphatic carbocycles. The Morgan fingerprint density at radius 2 is 2.28 bits per heavy atom. The maximum absolute atomic E-state index is 12.1. The monoisotopic (exact) mass is 271 g/mol.